The first-order valence-corrected chi connectivity index (χ1v) is 7.11. The average molecular weight is 336 g/mol. The van der Waals surface area contributed by atoms with E-state index in [9.17, 15) is 4.79 Å². The van der Waals surface area contributed by atoms with E-state index in [4.69, 9.17) is 15.2 Å². The smallest absolute Gasteiger partial charge is 0.269 e. The summed E-state index contributed by atoms with van der Waals surface area (Å²) in [5.74, 6) is 1.62. The number of hydrogen-bond donors (Lipinski definition) is 2. The van der Waals surface area contributed by atoms with E-state index in [-0.39, 0.29) is 18.3 Å². The van der Waals surface area contributed by atoms with Gasteiger partial charge in [-0.1, -0.05) is 12.1 Å². The van der Waals surface area contributed by atoms with Gasteiger partial charge in [-0.2, -0.15) is 0 Å². The number of nitrogen functional groups attached to an aromatic ring is 1. The summed E-state index contributed by atoms with van der Waals surface area (Å²) in [5.41, 5.74) is 6.96. The molecule has 0 saturated heterocycles. The molecule has 1 aliphatic heterocycles. The van der Waals surface area contributed by atoms with Crippen LogP contribution in [0.3, 0.4) is 0 Å². The Kier molecular flexibility index (Phi) is 5.65. The van der Waals surface area contributed by atoms with Crippen molar-refractivity contribution in [2.75, 3.05) is 25.5 Å². The van der Waals surface area contributed by atoms with E-state index >= 15 is 0 Å². The monoisotopic (exact) mass is 335 g/mol. The third kappa shape index (κ3) is 4.26. The molecule has 2 aromatic rings. The number of ether oxygens (including phenoxy) is 2. The van der Waals surface area contributed by atoms with Gasteiger partial charge in [0.2, 0.25) is 0 Å². The molecular formula is C16H18ClN3O3. The zero-order chi connectivity index (χ0) is 15.4. The zero-order valence-corrected chi connectivity index (χ0v) is 13.3. The molecule has 0 bridgehead atoms. The van der Waals surface area contributed by atoms with E-state index in [1.165, 1.54) is 0 Å². The molecule has 1 aromatic carbocycles. The molecule has 0 radical (unpaired) electrons. The van der Waals surface area contributed by atoms with Crippen molar-refractivity contribution in [3.05, 3.63) is 47.7 Å². The minimum atomic E-state index is -0.232. The molecule has 1 aliphatic rings. The summed E-state index contributed by atoms with van der Waals surface area (Å²) >= 11 is 0. The third-order valence-corrected chi connectivity index (χ3v) is 3.31. The minimum Gasteiger partial charge on any atom is -0.486 e. The van der Waals surface area contributed by atoms with E-state index < -0.39 is 0 Å². The Morgan fingerprint density at radius 1 is 1.17 bits per heavy atom. The van der Waals surface area contributed by atoms with Gasteiger partial charge in [0.1, 0.15) is 24.7 Å². The molecule has 7 heteroatoms. The van der Waals surface area contributed by atoms with E-state index in [0.29, 0.717) is 37.7 Å². The van der Waals surface area contributed by atoms with Crippen LogP contribution in [0.2, 0.25) is 0 Å². The number of hydrogen-bond acceptors (Lipinski definition) is 5. The van der Waals surface area contributed by atoms with Gasteiger partial charge in [-0.3, -0.25) is 4.79 Å². The SMILES string of the molecule is Cl.Nc1cccc(C(=O)NCCc2ccc3c(c2)OCCO3)n1. The topological polar surface area (TPSA) is 86.5 Å². The molecule has 1 amide bonds. The molecule has 3 N–H and O–H groups in total. The first kappa shape index (κ1) is 16.9. The normalized spacial score (nSPS) is 12.2. The Bertz CT molecular complexity index is 694. The summed E-state index contributed by atoms with van der Waals surface area (Å²) in [6, 6.07) is 10.8. The number of anilines is 1. The van der Waals surface area contributed by atoms with Crippen LogP contribution in [-0.2, 0) is 6.42 Å². The van der Waals surface area contributed by atoms with Crippen molar-refractivity contribution in [3.63, 3.8) is 0 Å². The molecule has 0 fully saturated rings. The summed E-state index contributed by atoms with van der Waals surface area (Å²) < 4.78 is 11.0. The lowest BCUT2D eigenvalue weighted by molar-refractivity contribution is 0.0949. The van der Waals surface area contributed by atoms with Gasteiger partial charge in [0, 0.05) is 6.54 Å². The van der Waals surface area contributed by atoms with Crippen LogP contribution in [-0.4, -0.2) is 30.6 Å². The molecule has 3 rings (SSSR count). The Hall–Kier alpha value is -2.47. The summed E-state index contributed by atoms with van der Waals surface area (Å²) in [5, 5.41) is 2.83. The quantitative estimate of drug-likeness (QED) is 0.890. The van der Waals surface area contributed by atoms with Crippen LogP contribution >= 0.6 is 12.4 Å². The van der Waals surface area contributed by atoms with Gasteiger partial charge in [0.15, 0.2) is 11.5 Å². The highest BCUT2D eigenvalue weighted by atomic mass is 35.5. The third-order valence-electron chi connectivity index (χ3n) is 3.31. The maximum Gasteiger partial charge on any atom is 0.269 e. The summed E-state index contributed by atoms with van der Waals surface area (Å²) in [6.45, 7) is 1.65. The van der Waals surface area contributed by atoms with Gasteiger partial charge in [-0.15, -0.1) is 12.4 Å². The number of nitrogens with one attached hydrogen (secondary N) is 1. The van der Waals surface area contributed by atoms with Crippen molar-refractivity contribution in [2.24, 2.45) is 0 Å². The van der Waals surface area contributed by atoms with Crippen molar-refractivity contribution < 1.29 is 14.3 Å². The summed E-state index contributed by atoms with van der Waals surface area (Å²) in [7, 11) is 0. The minimum absolute atomic E-state index is 0. The predicted octanol–water partition coefficient (Wildman–Crippen LogP) is 1.83. The van der Waals surface area contributed by atoms with Gasteiger partial charge >= 0.3 is 0 Å². The molecule has 0 atom stereocenters. The van der Waals surface area contributed by atoms with Crippen LogP contribution < -0.4 is 20.5 Å². The molecule has 1 aromatic heterocycles. The molecular weight excluding hydrogens is 318 g/mol. The number of pyridine rings is 1. The lowest BCUT2D eigenvalue weighted by Crippen LogP contribution is -2.26. The molecule has 0 aliphatic carbocycles. The lowest BCUT2D eigenvalue weighted by Gasteiger charge is -2.18. The van der Waals surface area contributed by atoms with Crippen molar-refractivity contribution in [2.45, 2.75) is 6.42 Å². The molecule has 23 heavy (non-hydrogen) atoms. The maximum absolute atomic E-state index is 11.9. The maximum atomic E-state index is 11.9. The molecule has 122 valence electrons. The first-order valence-electron chi connectivity index (χ1n) is 7.11. The Labute approximate surface area is 140 Å². The first-order chi connectivity index (χ1) is 10.7. The number of rotatable bonds is 4. The molecule has 2 heterocycles. The Balaban J connectivity index is 0.00000192. The van der Waals surface area contributed by atoms with Crippen LogP contribution in [0.1, 0.15) is 16.1 Å². The number of amides is 1. The highest BCUT2D eigenvalue weighted by molar-refractivity contribution is 5.92. The summed E-state index contributed by atoms with van der Waals surface area (Å²) in [6.07, 6.45) is 0.699. The Morgan fingerprint density at radius 2 is 1.96 bits per heavy atom. The van der Waals surface area contributed by atoms with Gasteiger partial charge < -0.3 is 20.5 Å². The van der Waals surface area contributed by atoms with Gasteiger partial charge in [-0.25, -0.2) is 4.98 Å². The number of nitrogens with zero attached hydrogens (tertiary/aromatic N) is 1. The van der Waals surface area contributed by atoms with Gasteiger partial charge in [-0.05, 0) is 36.2 Å². The number of aromatic nitrogens is 1. The second-order valence-corrected chi connectivity index (χ2v) is 4.93. The standard InChI is InChI=1S/C16H17N3O3.ClH/c17-15-3-1-2-12(19-15)16(20)18-7-6-11-4-5-13-14(10-11)22-9-8-21-13;/h1-5,10H,6-9H2,(H2,17,19)(H,18,20);1H. The number of benzene rings is 1. The van der Waals surface area contributed by atoms with E-state index in [1.807, 2.05) is 18.2 Å². The molecule has 0 spiro atoms. The number of nitrogens with two attached hydrogens (primary N) is 1. The molecule has 6 nitrogen and oxygen atoms in total. The second-order valence-electron chi connectivity index (χ2n) is 4.93. The highest BCUT2D eigenvalue weighted by Crippen LogP contribution is 2.30. The fourth-order valence-electron chi connectivity index (χ4n) is 2.23. The second kappa shape index (κ2) is 7.69. The lowest BCUT2D eigenvalue weighted by atomic mass is 10.1. The largest absolute Gasteiger partial charge is 0.486 e. The zero-order valence-electron chi connectivity index (χ0n) is 12.5. The van der Waals surface area contributed by atoms with Gasteiger partial charge in [0.05, 0.1) is 0 Å². The fraction of sp³-hybridized carbons (Fsp3) is 0.250. The average Bonchev–Trinajstić information content (AvgIpc) is 2.54. The van der Waals surface area contributed by atoms with Crippen molar-refractivity contribution in [1.29, 1.82) is 0 Å². The molecule has 0 unspecified atom stereocenters. The van der Waals surface area contributed by atoms with E-state index in [0.717, 1.165) is 17.1 Å². The van der Waals surface area contributed by atoms with Crippen molar-refractivity contribution in [3.8, 4) is 11.5 Å². The predicted molar refractivity (Wildman–Crippen MR) is 89.4 cm³/mol. The van der Waals surface area contributed by atoms with Gasteiger partial charge in [0.25, 0.3) is 5.91 Å². The van der Waals surface area contributed by atoms with Crippen LogP contribution in [0.4, 0.5) is 5.82 Å². The van der Waals surface area contributed by atoms with Crippen LogP contribution in [0.25, 0.3) is 0 Å². The number of carbonyl (C=O) groups is 1. The van der Waals surface area contributed by atoms with Crippen molar-refractivity contribution in [1.82, 2.24) is 10.3 Å². The fourth-order valence-corrected chi connectivity index (χ4v) is 2.23. The van der Waals surface area contributed by atoms with Crippen LogP contribution in [0.15, 0.2) is 36.4 Å². The van der Waals surface area contributed by atoms with E-state index in [1.54, 1.807) is 18.2 Å². The number of halogens is 1. The summed E-state index contributed by atoms with van der Waals surface area (Å²) in [4.78, 5) is 15.9. The van der Waals surface area contributed by atoms with Crippen LogP contribution in [0, 0.1) is 0 Å². The highest BCUT2D eigenvalue weighted by Gasteiger charge is 2.12. The van der Waals surface area contributed by atoms with Crippen molar-refractivity contribution >= 4 is 24.1 Å². The number of fused-ring (bicyclic) bond motifs is 1. The van der Waals surface area contributed by atoms with E-state index in [2.05, 4.69) is 10.3 Å². The Morgan fingerprint density at radius 3 is 2.74 bits per heavy atom. The molecule has 0 saturated carbocycles. The number of carbonyl (C=O) groups excluding carboxylic acids is 1. The van der Waals surface area contributed by atoms with Crippen LogP contribution in [0.5, 0.6) is 11.5 Å².